The van der Waals surface area contributed by atoms with Crippen molar-refractivity contribution >= 4 is 34.9 Å². The number of benzene rings is 1. The van der Waals surface area contributed by atoms with E-state index in [0.717, 1.165) is 4.90 Å². The molecule has 3 heterocycles. The van der Waals surface area contributed by atoms with Crippen LogP contribution in [-0.4, -0.2) is 41.4 Å². The summed E-state index contributed by atoms with van der Waals surface area (Å²) in [5, 5.41) is 4.76. The zero-order valence-electron chi connectivity index (χ0n) is 13.7. The highest BCUT2D eigenvalue weighted by Gasteiger charge is 2.48. The molecule has 4 amide bonds. The molecule has 6 nitrogen and oxygen atoms in total. The third-order valence-corrected chi connectivity index (χ3v) is 5.56. The minimum Gasteiger partial charge on any atom is -0.348 e. The zero-order chi connectivity index (χ0) is 18.3. The molecule has 0 radical (unpaired) electrons. The Morgan fingerprint density at radius 1 is 1.23 bits per heavy atom. The molecule has 134 valence electrons. The van der Waals surface area contributed by atoms with Gasteiger partial charge in [-0.2, -0.15) is 0 Å². The maximum Gasteiger partial charge on any atom is 0.332 e. The number of hydrogen-bond acceptors (Lipinski definition) is 4. The summed E-state index contributed by atoms with van der Waals surface area (Å²) >= 11 is 1.35. The van der Waals surface area contributed by atoms with Gasteiger partial charge in [0.1, 0.15) is 11.9 Å². The van der Waals surface area contributed by atoms with Crippen LogP contribution in [0.5, 0.6) is 0 Å². The maximum atomic E-state index is 13.5. The lowest BCUT2D eigenvalue weighted by Gasteiger charge is -2.32. The molecule has 0 bridgehead atoms. The first-order valence-electron chi connectivity index (χ1n) is 8.29. The van der Waals surface area contributed by atoms with Gasteiger partial charge in [0.2, 0.25) is 0 Å². The van der Waals surface area contributed by atoms with E-state index in [0.29, 0.717) is 24.3 Å². The van der Waals surface area contributed by atoms with E-state index in [-0.39, 0.29) is 23.5 Å². The van der Waals surface area contributed by atoms with Crippen molar-refractivity contribution in [3.8, 4) is 0 Å². The highest BCUT2D eigenvalue weighted by Crippen LogP contribution is 2.31. The number of urea groups is 1. The first-order valence-corrected chi connectivity index (χ1v) is 9.17. The van der Waals surface area contributed by atoms with Crippen LogP contribution in [0.4, 0.5) is 14.9 Å². The zero-order valence-corrected chi connectivity index (χ0v) is 14.5. The molecule has 2 aromatic rings. The average molecular weight is 373 g/mol. The van der Waals surface area contributed by atoms with Crippen molar-refractivity contribution in [2.24, 2.45) is 0 Å². The van der Waals surface area contributed by atoms with Crippen molar-refractivity contribution in [1.29, 1.82) is 0 Å². The molecule has 1 aromatic heterocycles. The number of thiophene rings is 1. The summed E-state index contributed by atoms with van der Waals surface area (Å²) in [7, 11) is 0. The minimum absolute atomic E-state index is 0.169. The maximum absolute atomic E-state index is 13.5. The summed E-state index contributed by atoms with van der Waals surface area (Å²) in [6, 6.07) is 7.72. The van der Waals surface area contributed by atoms with Gasteiger partial charge in [-0.15, -0.1) is 11.3 Å². The van der Waals surface area contributed by atoms with Crippen molar-refractivity contribution < 1.29 is 18.8 Å². The Morgan fingerprint density at radius 3 is 2.81 bits per heavy atom. The number of hydrogen-bond donors (Lipinski definition) is 1. The summed E-state index contributed by atoms with van der Waals surface area (Å²) in [5.41, 5.74) is 0.230. The van der Waals surface area contributed by atoms with Crippen LogP contribution in [0.15, 0.2) is 41.8 Å². The van der Waals surface area contributed by atoms with E-state index in [2.05, 4.69) is 5.32 Å². The predicted molar refractivity (Wildman–Crippen MR) is 94.6 cm³/mol. The quantitative estimate of drug-likeness (QED) is 0.841. The molecule has 2 aliphatic heterocycles. The van der Waals surface area contributed by atoms with Gasteiger partial charge in [-0.1, -0.05) is 12.1 Å². The Balaban J connectivity index is 1.50. The van der Waals surface area contributed by atoms with Crippen molar-refractivity contribution in [2.45, 2.75) is 24.9 Å². The monoisotopic (exact) mass is 373 g/mol. The number of anilines is 1. The van der Waals surface area contributed by atoms with Crippen molar-refractivity contribution in [3.05, 3.63) is 52.5 Å². The number of imide groups is 1. The number of carbonyl (C=O) groups is 3. The van der Waals surface area contributed by atoms with Crippen LogP contribution in [-0.2, 0) is 4.79 Å². The number of nitrogens with zero attached hydrogens (tertiary/aromatic N) is 2. The van der Waals surface area contributed by atoms with Gasteiger partial charge in [-0.05, 0) is 42.5 Å². The summed E-state index contributed by atoms with van der Waals surface area (Å²) in [6.07, 6.45) is 0.928. The molecular weight excluding hydrogens is 357 g/mol. The molecular formula is C18H16FN3O3S. The average Bonchev–Trinajstić information content (AvgIpc) is 3.23. The molecule has 1 aromatic carbocycles. The molecule has 2 fully saturated rings. The molecule has 0 saturated carbocycles. The second-order valence-corrected chi connectivity index (χ2v) is 7.27. The summed E-state index contributed by atoms with van der Waals surface area (Å²) in [4.78, 5) is 40.7. The lowest BCUT2D eigenvalue weighted by molar-refractivity contribution is -0.120. The van der Waals surface area contributed by atoms with E-state index >= 15 is 0 Å². The number of nitrogens with one attached hydrogen (secondary N) is 1. The van der Waals surface area contributed by atoms with Crippen molar-refractivity contribution in [2.75, 3.05) is 11.4 Å². The van der Waals surface area contributed by atoms with E-state index in [1.165, 1.54) is 40.5 Å². The molecule has 2 aliphatic rings. The Labute approximate surface area is 153 Å². The molecule has 2 atom stereocenters. The van der Waals surface area contributed by atoms with Gasteiger partial charge >= 0.3 is 6.03 Å². The Hall–Kier alpha value is -2.74. The normalized spacial score (nSPS) is 22.5. The summed E-state index contributed by atoms with van der Waals surface area (Å²) in [5.74, 6) is -1.05. The fourth-order valence-electron chi connectivity index (χ4n) is 3.45. The molecule has 4 rings (SSSR count). The van der Waals surface area contributed by atoms with Gasteiger partial charge in [0.25, 0.3) is 11.8 Å². The van der Waals surface area contributed by atoms with E-state index < -0.39 is 17.9 Å². The van der Waals surface area contributed by atoms with Crippen LogP contribution in [0.3, 0.4) is 0 Å². The Kier molecular flexibility index (Phi) is 4.20. The number of amides is 4. The van der Waals surface area contributed by atoms with Crippen LogP contribution < -0.4 is 10.2 Å². The number of piperidine rings is 1. The van der Waals surface area contributed by atoms with Crippen LogP contribution in [0.1, 0.15) is 22.5 Å². The highest BCUT2D eigenvalue weighted by molar-refractivity contribution is 7.12. The van der Waals surface area contributed by atoms with Crippen molar-refractivity contribution in [3.63, 3.8) is 0 Å². The number of rotatable bonds is 3. The van der Waals surface area contributed by atoms with E-state index in [4.69, 9.17) is 0 Å². The first-order chi connectivity index (χ1) is 12.5. The van der Waals surface area contributed by atoms with Gasteiger partial charge in [-0.25, -0.2) is 14.1 Å². The first kappa shape index (κ1) is 16.7. The summed E-state index contributed by atoms with van der Waals surface area (Å²) in [6.45, 7) is 0.371. The molecule has 2 saturated heterocycles. The number of halogens is 1. The molecule has 0 spiro atoms. The standard InChI is InChI=1S/C18H16FN3O3S/c19-11-3-1-4-13(9-11)22-17(24)14-10-12(6-7-21(14)18(22)25)20-16(23)15-5-2-8-26-15/h1-5,8-9,12,14H,6-7,10H2,(H,20,23)/t12-,14+/m0/s1. The SMILES string of the molecule is O=C(N[C@H]1CCN2C(=O)N(c3cccc(F)c3)C(=O)[C@H]2C1)c1cccs1. The Morgan fingerprint density at radius 2 is 2.08 bits per heavy atom. The van der Waals surface area contributed by atoms with Gasteiger partial charge in [0, 0.05) is 12.6 Å². The second kappa shape index (κ2) is 6.53. The largest absolute Gasteiger partial charge is 0.348 e. The highest BCUT2D eigenvalue weighted by atomic mass is 32.1. The molecule has 0 aliphatic carbocycles. The van der Waals surface area contributed by atoms with Crippen LogP contribution in [0.25, 0.3) is 0 Å². The van der Waals surface area contributed by atoms with Crippen LogP contribution >= 0.6 is 11.3 Å². The second-order valence-electron chi connectivity index (χ2n) is 6.32. The lowest BCUT2D eigenvalue weighted by atomic mass is 9.98. The lowest BCUT2D eigenvalue weighted by Crippen LogP contribution is -2.49. The molecule has 0 unspecified atom stereocenters. The topological polar surface area (TPSA) is 69.7 Å². The van der Waals surface area contributed by atoms with Crippen LogP contribution in [0, 0.1) is 5.82 Å². The summed E-state index contributed by atoms with van der Waals surface area (Å²) < 4.78 is 13.5. The fraction of sp³-hybridized carbons (Fsp3) is 0.278. The smallest absolute Gasteiger partial charge is 0.332 e. The van der Waals surface area contributed by atoms with Gasteiger partial charge in [0.05, 0.1) is 10.6 Å². The van der Waals surface area contributed by atoms with Gasteiger partial charge < -0.3 is 10.2 Å². The van der Waals surface area contributed by atoms with E-state index in [1.54, 1.807) is 12.1 Å². The Bertz CT molecular complexity index is 870. The third-order valence-electron chi connectivity index (χ3n) is 4.69. The van der Waals surface area contributed by atoms with Gasteiger partial charge in [-0.3, -0.25) is 9.59 Å². The fourth-order valence-corrected chi connectivity index (χ4v) is 4.08. The van der Waals surface area contributed by atoms with Crippen molar-refractivity contribution in [1.82, 2.24) is 10.2 Å². The van der Waals surface area contributed by atoms with Gasteiger partial charge in [0.15, 0.2) is 0 Å². The number of fused-ring (bicyclic) bond motifs is 1. The third kappa shape index (κ3) is 2.86. The molecule has 8 heteroatoms. The van der Waals surface area contributed by atoms with E-state index in [9.17, 15) is 18.8 Å². The number of carbonyl (C=O) groups excluding carboxylic acids is 3. The molecule has 1 N–H and O–H groups in total. The molecule has 26 heavy (non-hydrogen) atoms. The van der Waals surface area contributed by atoms with E-state index in [1.807, 2.05) is 5.38 Å². The predicted octanol–water partition coefficient (Wildman–Crippen LogP) is 2.62. The minimum atomic E-state index is -0.631. The van der Waals surface area contributed by atoms with Crippen LogP contribution in [0.2, 0.25) is 0 Å².